The number of hydrogen-bond donors (Lipinski definition) is 2. The molecule has 2 rings (SSSR count). The van der Waals surface area contributed by atoms with Crippen LogP contribution in [0.1, 0.15) is 31.0 Å². The average Bonchev–Trinajstić information content (AvgIpc) is 2.53. The Kier molecular flexibility index (Phi) is 4.61. The standard InChI is InChI=1S/C18H19NO3/c1-18(2,14-11-7-4-8-12-14)17(22)19-15(16(20)21)13-9-5-3-6-10-13/h3-12,15H,1-2H3,(H,19,22)(H,20,21). The second kappa shape index (κ2) is 6.43. The minimum Gasteiger partial charge on any atom is -0.479 e. The summed E-state index contributed by atoms with van der Waals surface area (Å²) in [6.07, 6.45) is 0. The predicted molar refractivity (Wildman–Crippen MR) is 84.4 cm³/mol. The van der Waals surface area contributed by atoms with Gasteiger partial charge >= 0.3 is 5.97 Å². The zero-order chi connectivity index (χ0) is 16.2. The molecule has 0 heterocycles. The normalized spacial score (nSPS) is 12.5. The van der Waals surface area contributed by atoms with Crippen LogP contribution in [-0.4, -0.2) is 17.0 Å². The van der Waals surface area contributed by atoms with E-state index in [4.69, 9.17) is 0 Å². The number of hydrogen-bond acceptors (Lipinski definition) is 2. The van der Waals surface area contributed by atoms with Crippen LogP contribution in [0.2, 0.25) is 0 Å². The highest BCUT2D eigenvalue weighted by Crippen LogP contribution is 2.24. The van der Waals surface area contributed by atoms with E-state index in [-0.39, 0.29) is 5.91 Å². The smallest absolute Gasteiger partial charge is 0.330 e. The zero-order valence-electron chi connectivity index (χ0n) is 12.6. The molecule has 22 heavy (non-hydrogen) atoms. The van der Waals surface area contributed by atoms with Gasteiger partial charge in [0.2, 0.25) is 5.91 Å². The molecule has 4 nitrogen and oxygen atoms in total. The molecular formula is C18H19NO3. The van der Waals surface area contributed by atoms with Gasteiger partial charge in [-0.05, 0) is 25.0 Å². The lowest BCUT2D eigenvalue weighted by molar-refractivity contribution is -0.142. The van der Waals surface area contributed by atoms with Gasteiger partial charge in [-0.15, -0.1) is 0 Å². The van der Waals surface area contributed by atoms with Crippen LogP contribution in [0.25, 0.3) is 0 Å². The largest absolute Gasteiger partial charge is 0.479 e. The molecule has 4 heteroatoms. The summed E-state index contributed by atoms with van der Waals surface area (Å²) < 4.78 is 0. The molecule has 0 aliphatic heterocycles. The lowest BCUT2D eigenvalue weighted by atomic mass is 9.83. The van der Waals surface area contributed by atoms with Gasteiger partial charge in [0.25, 0.3) is 0 Å². The van der Waals surface area contributed by atoms with Gasteiger partial charge in [-0.2, -0.15) is 0 Å². The van der Waals surface area contributed by atoms with Crippen LogP contribution in [0.3, 0.4) is 0 Å². The Labute approximate surface area is 129 Å². The Hall–Kier alpha value is -2.62. The van der Waals surface area contributed by atoms with Crippen molar-refractivity contribution in [3.63, 3.8) is 0 Å². The number of carbonyl (C=O) groups is 2. The van der Waals surface area contributed by atoms with Crippen LogP contribution in [0.4, 0.5) is 0 Å². The van der Waals surface area contributed by atoms with E-state index in [1.165, 1.54) is 0 Å². The highest BCUT2D eigenvalue weighted by atomic mass is 16.4. The molecule has 0 aromatic heterocycles. The summed E-state index contributed by atoms with van der Waals surface area (Å²) >= 11 is 0. The molecule has 0 saturated carbocycles. The van der Waals surface area contributed by atoms with E-state index >= 15 is 0 Å². The molecule has 2 N–H and O–H groups in total. The van der Waals surface area contributed by atoms with Crippen molar-refractivity contribution in [3.05, 3.63) is 71.8 Å². The van der Waals surface area contributed by atoms with Crippen molar-refractivity contribution in [2.24, 2.45) is 0 Å². The Morgan fingerprint density at radius 2 is 1.45 bits per heavy atom. The summed E-state index contributed by atoms with van der Waals surface area (Å²) in [7, 11) is 0. The van der Waals surface area contributed by atoms with E-state index in [9.17, 15) is 14.7 Å². The minimum atomic E-state index is -1.08. The van der Waals surface area contributed by atoms with E-state index in [2.05, 4.69) is 5.32 Å². The fourth-order valence-electron chi connectivity index (χ4n) is 2.23. The fourth-order valence-corrected chi connectivity index (χ4v) is 2.23. The SMILES string of the molecule is CC(C)(C(=O)NC(C(=O)O)c1ccccc1)c1ccccc1. The molecule has 114 valence electrons. The van der Waals surface area contributed by atoms with Crippen molar-refractivity contribution in [2.45, 2.75) is 25.3 Å². The highest BCUT2D eigenvalue weighted by molar-refractivity contribution is 5.91. The second-order valence-electron chi connectivity index (χ2n) is 5.65. The second-order valence-corrected chi connectivity index (χ2v) is 5.65. The third-order valence-electron chi connectivity index (χ3n) is 3.72. The maximum absolute atomic E-state index is 12.6. The first-order valence-electron chi connectivity index (χ1n) is 7.07. The third kappa shape index (κ3) is 3.34. The number of nitrogens with one attached hydrogen (secondary N) is 1. The van der Waals surface area contributed by atoms with Gasteiger partial charge in [-0.25, -0.2) is 4.79 Å². The van der Waals surface area contributed by atoms with Gasteiger partial charge in [0, 0.05) is 0 Å². The third-order valence-corrected chi connectivity index (χ3v) is 3.72. The maximum atomic E-state index is 12.6. The van der Waals surface area contributed by atoms with Crippen LogP contribution >= 0.6 is 0 Å². The van der Waals surface area contributed by atoms with Crippen LogP contribution in [0.15, 0.2) is 60.7 Å². The Morgan fingerprint density at radius 1 is 0.955 bits per heavy atom. The van der Waals surface area contributed by atoms with Crippen molar-refractivity contribution < 1.29 is 14.7 Å². The molecule has 0 aliphatic rings. The van der Waals surface area contributed by atoms with Crippen LogP contribution in [0.5, 0.6) is 0 Å². The summed E-state index contributed by atoms with van der Waals surface area (Å²) in [5.41, 5.74) is 0.570. The van der Waals surface area contributed by atoms with E-state index in [1.54, 1.807) is 44.2 Å². The molecule has 1 amide bonds. The summed E-state index contributed by atoms with van der Waals surface area (Å²) in [5, 5.41) is 12.0. The number of carbonyl (C=O) groups excluding carboxylic acids is 1. The molecular weight excluding hydrogens is 278 g/mol. The maximum Gasteiger partial charge on any atom is 0.330 e. The van der Waals surface area contributed by atoms with Crippen LogP contribution in [-0.2, 0) is 15.0 Å². The lowest BCUT2D eigenvalue weighted by Gasteiger charge is -2.26. The fraction of sp³-hybridized carbons (Fsp3) is 0.222. The number of carboxylic acid groups (broad SMARTS) is 1. The number of rotatable bonds is 5. The van der Waals surface area contributed by atoms with E-state index in [0.717, 1.165) is 5.56 Å². The molecule has 0 spiro atoms. The molecule has 0 saturated heterocycles. The van der Waals surface area contributed by atoms with Gasteiger partial charge < -0.3 is 10.4 Å². The summed E-state index contributed by atoms with van der Waals surface area (Å²) in [6, 6.07) is 16.9. The molecule has 2 aromatic carbocycles. The number of carboxylic acids is 1. The first-order chi connectivity index (χ1) is 10.4. The molecule has 0 fully saturated rings. The molecule has 1 atom stereocenters. The lowest BCUT2D eigenvalue weighted by Crippen LogP contribution is -2.44. The first kappa shape index (κ1) is 15.8. The quantitative estimate of drug-likeness (QED) is 0.891. The number of benzene rings is 2. The van der Waals surface area contributed by atoms with E-state index < -0.39 is 17.4 Å². The van der Waals surface area contributed by atoms with Gasteiger partial charge in [0.15, 0.2) is 6.04 Å². The number of aliphatic carboxylic acids is 1. The van der Waals surface area contributed by atoms with Crippen LogP contribution in [0, 0.1) is 0 Å². The van der Waals surface area contributed by atoms with Crippen molar-refractivity contribution in [1.82, 2.24) is 5.32 Å². The predicted octanol–water partition coefficient (Wildman–Crippen LogP) is 2.91. The number of amides is 1. The highest BCUT2D eigenvalue weighted by Gasteiger charge is 2.33. The molecule has 0 bridgehead atoms. The summed E-state index contributed by atoms with van der Waals surface area (Å²) in [6.45, 7) is 3.56. The Morgan fingerprint density at radius 3 is 1.95 bits per heavy atom. The topological polar surface area (TPSA) is 66.4 Å². The van der Waals surface area contributed by atoms with Crippen LogP contribution < -0.4 is 5.32 Å². The van der Waals surface area contributed by atoms with Crippen molar-refractivity contribution in [2.75, 3.05) is 0 Å². The van der Waals surface area contributed by atoms with Crippen molar-refractivity contribution in [1.29, 1.82) is 0 Å². The monoisotopic (exact) mass is 297 g/mol. The minimum absolute atomic E-state index is 0.324. The summed E-state index contributed by atoms with van der Waals surface area (Å²) in [4.78, 5) is 24.1. The molecule has 2 aromatic rings. The molecule has 1 unspecified atom stereocenters. The van der Waals surface area contributed by atoms with Gasteiger partial charge in [-0.1, -0.05) is 60.7 Å². The summed E-state index contributed by atoms with van der Waals surface area (Å²) in [5.74, 6) is -1.40. The Balaban J connectivity index is 2.24. The van der Waals surface area contributed by atoms with Gasteiger partial charge in [0.05, 0.1) is 5.41 Å². The average molecular weight is 297 g/mol. The van der Waals surface area contributed by atoms with Crippen molar-refractivity contribution in [3.8, 4) is 0 Å². The zero-order valence-corrected chi connectivity index (χ0v) is 12.6. The first-order valence-corrected chi connectivity index (χ1v) is 7.07. The van der Waals surface area contributed by atoms with E-state index in [1.807, 2.05) is 30.3 Å². The van der Waals surface area contributed by atoms with Gasteiger partial charge in [0.1, 0.15) is 0 Å². The molecule has 0 radical (unpaired) electrons. The molecule has 0 aliphatic carbocycles. The Bertz CT molecular complexity index is 651. The van der Waals surface area contributed by atoms with E-state index in [0.29, 0.717) is 5.56 Å². The van der Waals surface area contributed by atoms with Crippen molar-refractivity contribution >= 4 is 11.9 Å². The van der Waals surface area contributed by atoms with Gasteiger partial charge in [-0.3, -0.25) is 4.79 Å².